The summed E-state index contributed by atoms with van der Waals surface area (Å²) in [5.74, 6) is -0.878. The van der Waals surface area contributed by atoms with Crippen molar-refractivity contribution in [2.75, 3.05) is 0 Å². The van der Waals surface area contributed by atoms with Crippen LogP contribution in [0.15, 0.2) is 41.6 Å². The Balaban J connectivity index is 2.19. The Bertz CT molecular complexity index is 687. The van der Waals surface area contributed by atoms with Gasteiger partial charge >= 0.3 is 0 Å². The van der Waals surface area contributed by atoms with Crippen LogP contribution in [0.25, 0.3) is 0 Å². The number of aryl methyl sites for hydroxylation is 1. The topological polar surface area (TPSA) is 67.8 Å². The molecule has 2 rings (SSSR count). The molecule has 110 valence electrons. The third kappa shape index (κ3) is 3.47. The van der Waals surface area contributed by atoms with Crippen LogP contribution in [-0.4, -0.2) is 11.0 Å². The van der Waals surface area contributed by atoms with Gasteiger partial charge in [-0.1, -0.05) is 17.3 Å². The SMILES string of the molecule is Cc1ccc(/C(N)=N/O)cc1OCc1ccc(F)cc1F. The van der Waals surface area contributed by atoms with Crippen molar-refractivity contribution in [2.45, 2.75) is 13.5 Å². The summed E-state index contributed by atoms with van der Waals surface area (Å²) in [6.45, 7) is 1.76. The predicted molar refractivity (Wildman–Crippen MR) is 74.4 cm³/mol. The molecule has 0 amide bonds. The number of benzene rings is 2. The summed E-state index contributed by atoms with van der Waals surface area (Å²) in [7, 11) is 0. The fourth-order valence-electron chi connectivity index (χ4n) is 1.77. The molecule has 0 saturated heterocycles. The van der Waals surface area contributed by atoms with E-state index in [0.717, 1.165) is 11.6 Å². The molecule has 0 aromatic heterocycles. The largest absolute Gasteiger partial charge is 0.489 e. The normalized spacial score (nSPS) is 11.5. The molecule has 0 atom stereocenters. The van der Waals surface area contributed by atoms with Gasteiger partial charge in [-0.25, -0.2) is 8.78 Å². The zero-order valence-corrected chi connectivity index (χ0v) is 11.3. The first-order valence-electron chi connectivity index (χ1n) is 6.16. The Morgan fingerprint density at radius 3 is 2.67 bits per heavy atom. The molecule has 2 aromatic rings. The minimum atomic E-state index is -0.666. The summed E-state index contributed by atoms with van der Waals surface area (Å²) in [5.41, 5.74) is 7.04. The van der Waals surface area contributed by atoms with Gasteiger partial charge in [-0.3, -0.25) is 0 Å². The van der Waals surface area contributed by atoms with Crippen LogP contribution in [0.3, 0.4) is 0 Å². The van der Waals surface area contributed by atoms with Crippen LogP contribution >= 0.6 is 0 Å². The first-order chi connectivity index (χ1) is 10.0. The smallest absolute Gasteiger partial charge is 0.170 e. The average Bonchev–Trinajstić information content (AvgIpc) is 2.47. The number of amidine groups is 1. The number of rotatable bonds is 4. The van der Waals surface area contributed by atoms with Crippen LogP contribution in [0.2, 0.25) is 0 Å². The van der Waals surface area contributed by atoms with Gasteiger partial charge in [0.25, 0.3) is 0 Å². The van der Waals surface area contributed by atoms with Crippen LogP contribution < -0.4 is 10.5 Å². The van der Waals surface area contributed by atoms with E-state index in [1.807, 2.05) is 6.92 Å². The number of ether oxygens (including phenoxy) is 1. The van der Waals surface area contributed by atoms with E-state index in [4.69, 9.17) is 15.7 Å². The molecule has 0 unspecified atom stereocenters. The summed E-state index contributed by atoms with van der Waals surface area (Å²) in [6.07, 6.45) is 0. The van der Waals surface area contributed by atoms with Crippen molar-refractivity contribution in [1.29, 1.82) is 0 Å². The Hall–Kier alpha value is -2.63. The number of hydrogen-bond donors (Lipinski definition) is 2. The van der Waals surface area contributed by atoms with Gasteiger partial charge in [0.1, 0.15) is 24.0 Å². The van der Waals surface area contributed by atoms with Crippen molar-refractivity contribution in [3.63, 3.8) is 0 Å². The van der Waals surface area contributed by atoms with Crippen LogP contribution in [0.1, 0.15) is 16.7 Å². The Morgan fingerprint density at radius 1 is 1.24 bits per heavy atom. The van der Waals surface area contributed by atoms with Gasteiger partial charge in [-0.15, -0.1) is 0 Å². The Labute approximate surface area is 120 Å². The lowest BCUT2D eigenvalue weighted by molar-refractivity contribution is 0.297. The van der Waals surface area contributed by atoms with E-state index < -0.39 is 11.6 Å². The standard InChI is InChI=1S/C15H14F2N2O2/c1-9-2-3-10(15(18)19-20)6-14(9)21-8-11-4-5-12(16)7-13(11)17/h2-7,20H,8H2,1H3,(H2,18,19). The second-order valence-electron chi connectivity index (χ2n) is 4.49. The molecule has 0 spiro atoms. The second kappa shape index (κ2) is 6.21. The molecule has 2 aromatic carbocycles. The molecule has 0 fully saturated rings. The molecule has 0 bridgehead atoms. The molecule has 6 heteroatoms. The monoisotopic (exact) mass is 292 g/mol. The van der Waals surface area contributed by atoms with Crippen molar-refractivity contribution < 1.29 is 18.7 Å². The lowest BCUT2D eigenvalue weighted by Gasteiger charge is -2.11. The van der Waals surface area contributed by atoms with E-state index in [1.165, 1.54) is 12.1 Å². The van der Waals surface area contributed by atoms with Crippen molar-refractivity contribution >= 4 is 5.84 Å². The second-order valence-corrected chi connectivity index (χ2v) is 4.49. The number of nitrogens with zero attached hydrogens (tertiary/aromatic N) is 1. The van der Waals surface area contributed by atoms with Gasteiger partial charge in [-0.2, -0.15) is 0 Å². The van der Waals surface area contributed by atoms with Crippen molar-refractivity contribution in [1.82, 2.24) is 0 Å². The molecule has 0 saturated carbocycles. The highest BCUT2D eigenvalue weighted by molar-refractivity contribution is 5.97. The predicted octanol–water partition coefficient (Wildman–Crippen LogP) is 2.95. The fraction of sp³-hybridized carbons (Fsp3) is 0.133. The van der Waals surface area contributed by atoms with E-state index in [1.54, 1.807) is 18.2 Å². The number of halogens is 2. The van der Waals surface area contributed by atoms with E-state index in [2.05, 4.69) is 5.16 Å². The molecule has 21 heavy (non-hydrogen) atoms. The molecular weight excluding hydrogens is 278 g/mol. The molecule has 0 aliphatic heterocycles. The zero-order chi connectivity index (χ0) is 15.4. The molecule has 0 heterocycles. The zero-order valence-electron chi connectivity index (χ0n) is 11.3. The maximum atomic E-state index is 13.5. The summed E-state index contributed by atoms with van der Waals surface area (Å²) >= 11 is 0. The Kier molecular flexibility index (Phi) is 4.37. The highest BCUT2D eigenvalue weighted by atomic mass is 19.1. The van der Waals surface area contributed by atoms with Gasteiger partial charge in [-0.05, 0) is 30.7 Å². The quantitative estimate of drug-likeness (QED) is 0.394. The molecular formula is C15H14F2N2O2. The number of hydrogen-bond acceptors (Lipinski definition) is 3. The van der Waals surface area contributed by atoms with Crippen molar-refractivity contribution in [3.8, 4) is 5.75 Å². The van der Waals surface area contributed by atoms with E-state index in [9.17, 15) is 8.78 Å². The highest BCUT2D eigenvalue weighted by Crippen LogP contribution is 2.21. The van der Waals surface area contributed by atoms with Gasteiger partial charge in [0.2, 0.25) is 0 Å². The van der Waals surface area contributed by atoms with Gasteiger partial charge < -0.3 is 15.7 Å². The minimum absolute atomic E-state index is 0.0483. The summed E-state index contributed by atoms with van der Waals surface area (Å²) in [5, 5.41) is 11.6. The van der Waals surface area contributed by atoms with Gasteiger partial charge in [0.15, 0.2) is 5.84 Å². The molecule has 0 aliphatic carbocycles. The van der Waals surface area contributed by atoms with E-state index >= 15 is 0 Å². The van der Waals surface area contributed by atoms with Crippen molar-refractivity contribution in [2.24, 2.45) is 10.9 Å². The van der Waals surface area contributed by atoms with E-state index in [0.29, 0.717) is 11.3 Å². The summed E-state index contributed by atoms with van der Waals surface area (Å²) < 4.78 is 31.9. The first-order valence-corrected chi connectivity index (χ1v) is 6.16. The summed E-state index contributed by atoms with van der Waals surface area (Å²) in [4.78, 5) is 0. The van der Waals surface area contributed by atoms with Crippen LogP contribution in [0.4, 0.5) is 8.78 Å². The highest BCUT2D eigenvalue weighted by Gasteiger charge is 2.08. The number of oxime groups is 1. The molecule has 0 aliphatic rings. The maximum absolute atomic E-state index is 13.5. The first kappa shape index (κ1) is 14.8. The maximum Gasteiger partial charge on any atom is 0.170 e. The lowest BCUT2D eigenvalue weighted by atomic mass is 10.1. The lowest BCUT2D eigenvalue weighted by Crippen LogP contribution is -2.13. The molecule has 3 N–H and O–H groups in total. The molecule has 4 nitrogen and oxygen atoms in total. The minimum Gasteiger partial charge on any atom is -0.489 e. The van der Waals surface area contributed by atoms with Gasteiger partial charge in [0.05, 0.1) is 0 Å². The third-order valence-corrected chi connectivity index (χ3v) is 2.99. The average molecular weight is 292 g/mol. The number of nitrogens with two attached hydrogens (primary N) is 1. The van der Waals surface area contributed by atoms with Crippen LogP contribution in [0.5, 0.6) is 5.75 Å². The van der Waals surface area contributed by atoms with Crippen LogP contribution in [0, 0.1) is 18.6 Å². The van der Waals surface area contributed by atoms with E-state index in [-0.39, 0.29) is 18.0 Å². The fourth-order valence-corrected chi connectivity index (χ4v) is 1.77. The Morgan fingerprint density at radius 2 is 2.00 bits per heavy atom. The van der Waals surface area contributed by atoms with Crippen molar-refractivity contribution in [3.05, 3.63) is 64.7 Å². The molecule has 0 radical (unpaired) electrons. The summed E-state index contributed by atoms with van der Waals surface area (Å²) in [6, 6.07) is 8.30. The third-order valence-electron chi connectivity index (χ3n) is 2.99. The van der Waals surface area contributed by atoms with Gasteiger partial charge in [0, 0.05) is 17.2 Å². The van der Waals surface area contributed by atoms with Crippen LogP contribution in [-0.2, 0) is 6.61 Å².